The topological polar surface area (TPSA) is 45.2 Å². The van der Waals surface area contributed by atoms with E-state index >= 15 is 0 Å². The second-order valence-electron chi connectivity index (χ2n) is 8.35. The van der Waals surface area contributed by atoms with Gasteiger partial charge in [-0.3, -0.25) is 14.7 Å². The number of thiophene rings is 1. The molecule has 3 unspecified atom stereocenters. The lowest BCUT2D eigenvalue weighted by Crippen LogP contribution is -2.72. The number of nitrogens with zero attached hydrogens (tertiary/aromatic N) is 2. The molecule has 2 bridgehead atoms. The second kappa shape index (κ2) is 6.21. The number of piperidine rings is 3. The van der Waals surface area contributed by atoms with Crippen LogP contribution < -0.4 is 5.32 Å². The van der Waals surface area contributed by atoms with Gasteiger partial charge in [-0.15, -0.1) is 11.3 Å². The number of ketones is 1. The Morgan fingerprint density at radius 3 is 2.82 bits per heavy atom. The lowest BCUT2D eigenvalue weighted by Gasteiger charge is -2.57. The molecule has 1 aromatic carbocycles. The number of aromatic nitrogens is 1. The molecule has 3 atom stereocenters. The fourth-order valence-electron chi connectivity index (χ4n) is 6.01. The fraction of sp³-hybridized carbons (Fsp3) is 0.391. The van der Waals surface area contributed by atoms with Crippen molar-refractivity contribution >= 4 is 27.2 Å². The quantitative estimate of drug-likeness (QED) is 0.694. The van der Waals surface area contributed by atoms with E-state index in [1.165, 1.54) is 28.5 Å². The Bertz CT molecular complexity index is 1010. The number of carbonyl (C=O) groups is 1. The van der Waals surface area contributed by atoms with E-state index in [1.807, 2.05) is 24.5 Å². The number of benzene rings is 1. The van der Waals surface area contributed by atoms with E-state index in [9.17, 15) is 4.79 Å². The lowest BCUT2D eigenvalue weighted by molar-refractivity contribution is -0.0310. The van der Waals surface area contributed by atoms with Crippen LogP contribution in [0.4, 0.5) is 0 Å². The SMILES string of the molecule is O=C(c1cc2ccccc2s1)C12C(c3cccnc3)CNC1C1CCN2CC1. The smallest absolute Gasteiger partial charge is 0.195 e. The lowest BCUT2D eigenvalue weighted by atomic mass is 9.63. The van der Waals surface area contributed by atoms with Gasteiger partial charge >= 0.3 is 0 Å². The van der Waals surface area contributed by atoms with Crippen molar-refractivity contribution in [3.63, 3.8) is 0 Å². The summed E-state index contributed by atoms with van der Waals surface area (Å²) in [6, 6.07) is 14.8. The number of pyridine rings is 1. The molecule has 1 N–H and O–H groups in total. The summed E-state index contributed by atoms with van der Waals surface area (Å²) < 4.78 is 1.19. The maximum absolute atomic E-state index is 14.3. The number of nitrogens with one attached hydrogen (secondary N) is 1. The molecule has 142 valence electrons. The van der Waals surface area contributed by atoms with Gasteiger partial charge in [0.1, 0.15) is 5.54 Å². The van der Waals surface area contributed by atoms with Crippen LogP contribution >= 0.6 is 11.3 Å². The Kier molecular flexibility index (Phi) is 3.73. The van der Waals surface area contributed by atoms with Gasteiger partial charge in [0.25, 0.3) is 0 Å². The first-order valence-electron chi connectivity index (χ1n) is 10.2. The van der Waals surface area contributed by atoms with E-state index in [0.29, 0.717) is 11.7 Å². The summed E-state index contributed by atoms with van der Waals surface area (Å²) >= 11 is 1.65. The highest BCUT2D eigenvalue weighted by Crippen LogP contribution is 2.52. The van der Waals surface area contributed by atoms with Crippen LogP contribution in [0.3, 0.4) is 0 Å². The summed E-state index contributed by atoms with van der Waals surface area (Å²) in [4.78, 5) is 22.0. The first kappa shape index (κ1) is 16.8. The zero-order valence-corrected chi connectivity index (χ0v) is 16.5. The van der Waals surface area contributed by atoms with Gasteiger partial charge in [0, 0.05) is 35.6 Å². The van der Waals surface area contributed by atoms with Gasteiger partial charge in [-0.1, -0.05) is 24.3 Å². The molecule has 0 aliphatic carbocycles. The van der Waals surface area contributed by atoms with Crippen LogP contribution in [0.5, 0.6) is 0 Å². The number of hydrogen-bond donors (Lipinski definition) is 1. The predicted molar refractivity (Wildman–Crippen MR) is 112 cm³/mol. The number of Topliss-reactive ketones (excluding diaryl/α,β-unsaturated/α-hetero) is 1. The third-order valence-corrected chi connectivity index (χ3v) is 8.30. The normalized spacial score (nSPS) is 33.9. The highest BCUT2D eigenvalue weighted by molar-refractivity contribution is 7.20. The molecule has 4 nitrogen and oxygen atoms in total. The van der Waals surface area contributed by atoms with E-state index in [2.05, 4.69) is 45.5 Å². The summed E-state index contributed by atoms with van der Waals surface area (Å²) in [7, 11) is 0. The van der Waals surface area contributed by atoms with E-state index < -0.39 is 5.54 Å². The minimum Gasteiger partial charge on any atom is -0.311 e. The van der Waals surface area contributed by atoms with Gasteiger partial charge in [0.2, 0.25) is 0 Å². The Morgan fingerprint density at radius 2 is 2.04 bits per heavy atom. The van der Waals surface area contributed by atoms with Crippen LogP contribution in [0, 0.1) is 5.92 Å². The van der Waals surface area contributed by atoms with Crippen molar-refractivity contribution in [2.75, 3.05) is 19.6 Å². The molecule has 0 saturated carbocycles. The van der Waals surface area contributed by atoms with Crippen molar-refractivity contribution in [1.82, 2.24) is 15.2 Å². The van der Waals surface area contributed by atoms with Crippen molar-refractivity contribution in [1.29, 1.82) is 0 Å². The van der Waals surface area contributed by atoms with E-state index in [4.69, 9.17) is 0 Å². The van der Waals surface area contributed by atoms with Crippen LogP contribution in [-0.4, -0.2) is 46.9 Å². The molecule has 4 fully saturated rings. The summed E-state index contributed by atoms with van der Waals surface area (Å²) in [5, 5.41) is 4.95. The van der Waals surface area contributed by atoms with Crippen LogP contribution in [0.2, 0.25) is 0 Å². The molecule has 0 amide bonds. The van der Waals surface area contributed by atoms with Gasteiger partial charge in [0.15, 0.2) is 5.78 Å². The molecule has 5 heteroatoms. The van der Waals surface area contributed by atoms with Gasteiger partial charge < -0.3 is 5.32 Å². The average Bonchev–Trinajstić information content (AvgIpc) is 3.38. The molecule has 4 aliphatic heterocycles. The molecule has 7 rings (SSSR count). The monoisotopic (exact) mass is 389 g/mol. The van der Waals surface area contributed by atoms with Crippen molar-refractivity contribution in [3.8, 4) is 0 Å². The Morgan fingerprint density at radius 1 is 1.18 bits per heavy atom. The maximum atomic E-state index is 14.3. The molecular formula is C23H23N3OS. The van der Waals surface area contributed by atoms with Crippen LogP contribution in [-0.2, 0) is 0 Å². The second-order valence-corrected chi connectivity index (χ2v) is 9.44. The predicted octanol–water partition coefficient (Wildman–Crippen LogP) is 3.70. The molecular weight excluding hydrogens is 366 g/mol. The average molecular weight is 390 g/mol. The summed E-state index contributed by atoms with van der Waals surface area (Å²) in [5.74, 6) is 1.04. The molecule has 0 spiro atoms. The minimum atomic E-state index is -0.481. The largest absolute Gasteiger partial charge is 0.311 e. The molecule has 2 aromatic heterocycles. The van der Waals surface area contributed by atoms with E-state index in [0.717, 1.165) is 24.5 Å². The summed E-state index contributed by atoms with van der Waals surface area (Å²) in [6.07, 6.45) is 6.16. The van der Waals surface area contributed by atoms with E-state index in [1.54, 1.807) is 11.3 Å². The van der Waals surface area contributed by atoms with Crippen molar-refractivity contribution < 1.29 is 4.79 Å². The minimum absolute atomic E-state index is 0.145. The first-order chi connectivity index (χ1) is 13.8. The summed E-state index contributed by atoms with van der Waals surface area (Å²) in [5.41, 5.74) is 0.699. The zero-order valence-electron chi connectivity index (χ0n) is 15.7. The van der Waals surface area contributed by atoms with Gasteiger partial charge in [-0.2, -0.15) is 0 Å². The Labute approximate surface area is 168 Å². The summed E-state index contributed by atoms with van der Waals surface area (Å²) in [6.45, 7) is 2.90. The van der Waals surface area contributed by atoms with Gasteiger partial charge in [0.05, 0.1) is 4.88 Å². The van der Waals surface area contributed by atoms with Crippen molar-refractivity contribution in [3.05, 3.63) is 65.3 Å². The van der Waals surface area contributed by atoms with Gasteiger partial charge in [-0.05, 0) is 61.0 Å². The first-order valence-corrected chi connectivity index (χ1v) is 11.0. The Balaban J connectivity index is 1.53. The number of fused-ring (bicyclic) bond motifs is 3. The van der Waals surface area contributed by atoms with E-state index in [-0.39, 0.29) is 12.0 Å². The third kappa shape index (κ3) is 2.18. The number of rotatable bonds is 3. The highest BCUT2D eigenvalue weighted by Gasteiger charge is 2.65. The number of hydrogen-bond acceptors (Lipinski definition) is 5. The van der Waals surface area contributed by atoms with Crippen LogP contribution in [0.25, 0.3) is 10.1 Å². The zero-order chi connectivity index (χ0) is 18.7. The maximum Gasteiger partial charge on any atom is 0.195 e. The molecule has 4 aliphatic rings. The molecule has 6 heterocycles. The highest BCUT2D eigenvalue weighted by atomic mass is 32.1. The number of carbonyl (C=O) groups excluding carboxylic acids is 1. The van der Waals surface area contributed by atoms with Crippen molar-refractivity contribution in [2.24, 2.45) is 5.92 Å². The molecule has 3 aromatic rings. The fourth-order valence-corrected chi connectivity index (χ4v) is 7.08. The Hall–Kier alpha value is -2.08. The standard InChI is InChI=1S/C23H23N3OS/c27-22(20-12-16-4-1-2-6-19(16)28-20)23-18(17-5-3-9-24-13-17)14-25-21(23)15-7-10-26(23)11-8-15/h1-6,9,12-13,15,18,21,25H,7-8,10-11,14H2. The van der Waals surface area contributed by atoms with Crippen molar-refractivity contribution in [2.45, 2.75) is 30.3 Å². The molecule has 28 heavy (non-hydrogen) atoms. The van der Waals surface area contributed by atoms with Gasteiger partial charge in [-0.25, -0.2) is 0 Å². The molecule has 0 radical (unpaired) electrons. The third-order valence-electron chi connectivity index (χ3n) is 7.18. The molecule has 4 saturated heterocycles. The van der Waals surface area contributed by atoms with Crippen LogP contribution in [0.15, 0.2) is 54.9 Å². The van der Waals surface area contributed by atoms with Crippen LogP contribution in [0.1, 0.15) is 34.0 Å².